The summed E-state index contributed by atoms with van der Waals surface area (Å²) < 4.78 is 34.8. The summed E-state index contributed by atoms with van der Waals surface area (Å²) in [5.74, 6) is 0.333. The number of aliphatic hydroxyl groups excluding tert-OH is 2. The molecule has 0 spiro atoms. The Kier molecular flexibility index (Phi) is 30.8. The van der Waals surface area contributed by atoms with Crippen molar-refractivity contribution in [1.82, 2.24) is 0 Å². The Morgan fingerprint density at radius 3 is 1.61 bits per heavy atom. The molecule has 0 bridgehead atoms. The van der Waals surface area contributed by atoms with Gasteiger partial charge in [-0.2, -0.15) is 61.7 Å². The van der Waals surface area contributed by atoms with E-state index in [0.717, 1.165) is 12.5 Å². The summed E-state index contributed by atoms with van der Waals surface area (Å²) in [6, 6.07) is 12.5. The van der Waals surface area contributed by atoms with Gasteiger partial charge < -0.3 is 17.6 Å². The minimum atomic E-state index is -4.20. The minimum absolute atomic E-state index is 0. The van der Waals surface area contributed by atoms with Crippen molar-refractivity contribution in [3.8, 4) is 0 Å². The molecule has 2 aliphatic rings. The van der Waals surface area contributed by atoms with E-state index in [2.05, 4.69) is 37.5 Å². The van der Waals surface area contributed by atoms with E-state index in [1.54, 1.807) is 23.3 Å². The Morgan fingerprint density at radius 1 is 1.00 bits per heavy atom. The summed E-state index contributed by atoms with van der Waals surface area (Å²) in [5, 5.41) is 15.7. The van der Waals surface area contributed by atoms with Gasteiger partial charge in [-0.3, -0.25) is 12.2 Å². The van der Waals surface area contributed by atoms with Crippen LogP contribution >= 0.6 is 0 Å². The summed E-state index contributed by atoms with van der Waals surface area (Å²) in [6.07, 6.45) is 10.7. The van der Waals surface area contributed by atoms with Gasteiger partial charge in [0.1, 0.15) is 0 Å². The molecule has 0 saturated heterocycles. The first-order valence-electron chi connectivity index (χ1n) is 8.59. The zero-order chi connectivity index (χ0) is 23.8. The summed E-state index contributed by atoms with van der Waals surface area (Å²) in [7, 11) is 0. The SMILES string of the molecule is C=C(C)O.C=C(C)O.FC(F)(F)C1=[C-]CC=C1.[C-]1=CC=CC1.[CH3-].[SiH2]=[Zr].[c-]1ccccc1. The van der Waals surface area contributed by atoms with Gasteiger partial charge in [0.2, 0.25) is 0 Å². The molecule has 0 radical (unpaired) electrons. The molecular formula is C24H31F3O2SiZr-4. The largest absolute Gasteiger partial charge is 0.184 e. The van der Waals surface area contributed by atoms with E-state index in [4.69, 9.17) is 10.2 Å². The van der Waals surface area contributed by atoms with Crippen LogP contribution in [0.5, 0.6) is 0 Å². The first kappa shape index (κ1) is 36.5. The first-order chi connectivity index (χ1) is 14.1. The van der Waals surface area contributed by atoms with Gasteiger partial charge in [-0.15, -0.1) is 18.4 Å². The van der Waals surface area contributed by atoms with Crippen molar-refractivity contribution in [1.29, 1.82) is 0 Å². The van der Waals surface area contributed by atoms with Crippen molar-refractivity contribution in [2.45, 2.75) is 32.9 Å². The van der Waals surface area contributed by atoms with Crippen LogP contribution in [0.15, 0.2) is 91.0 Å². The predicted octanol–water partition coefficient (Wildman–Crippen LogP) is 6.72. The quantitative estimate of drug-likeness (QED) is 0.223. The molecular weight excluding hydrogens is 497 g/mol. The molecule has 2 aliphatic carbocycles. The minimum Gasteiger partial charge on any atom is -0.184 e. The number of rotatable bonds is 0. The monoisotopic (exact) mass is 526 g/mol. The number of alkyl halides is 3. The van der Waals surface area contributed by atoms with Crippen molar-refractivity contribution >= 4 is 6.88 Å². The van der Waals surface area contributed by atoms with E-state index in [1.165, 1.54) is 19.9 Å². The van der Waals surface area contributed by atoms with Crippen LogP contribution in [0.25, 0.3) is 0 Å². The molecule has 0 aromatic heterocycles. The van der Waals surface area contributed by atoms with E-state index < -0.39 is 11.7 Å². The Bertz CT molecular complexity index is 623. The van der Waals surface area contributed by atoms with Crippen molar-refractivity contribution in [2.24, 2.45) is 0 Å². The Morgan fingerprint density at radius 2 is 1.48 bits per heavy atom. The second kappa shape index (κ2) is 26.2. The second-order valence-corrected chi connectivity index (χ2v) is 5.25. The maximum Gasteiger partial charge on any atom is -0.171 e. The van der Waals surface area contributed by atoms with Crippen LogP contribution < -0.4 is 0 Å². The molecule has 3 rings (SSSR count). The zero-order valence-electron chi connectivity index (χ0n) is 18.3. The molecule has 172 valence electrons. The third-order valence-electron chi connectivity index (χ3n) is 2.19. The molecule has 0 fully saturated rings. The molecule has 0 heterocycles. The normalized spacial score (nSPS) is 11.4. The fourth-order valence-electron chi connectivity index (χ4n) is 1.28. The first-order valence-corrected chi connectivity index (χ1v) is 14.5. The third kappa shape index (κ3) is 39.2. The van der Waals surface area contributed by atoms with Gasteiger partial charge in [0, 0.05) is 0 Å². The molecule has 0 saturated carbocycles. The van der Waals surface area contributed by atoms with E-state index in [1.807, 2.05) is 49.4 Å². The summed E-state index contributed by atoms with van der Waals surface area (Å²) in [4.78, 5) is 0. The molecule has 7 heteroatoms. The Hall–Kier alpha value is -1.85. The Balaban J connectivity index is -0.000000148. The molecule has 0 unspecified atom stereocenters. The van der Waals surface area contributed by atoms with Crippen LogP contribution in [-0.4, -0.2) is 23.3 Å². The van der Waals surface area contributed by atoms with Crippen molar-refractivity contribution in [2.75, 3.05) is 0 Å². The molecule has 0 atom stereocenters. The van der Waals surface area contributed by atoms with Crippen LogP contribution in [0.2, 0.25) is 0 Å². The number of aliphatic hydroxyl groups is 2. The summed E-state index contributed by atoms with van der Waals surface area (Å²) >= 11 is 1.58. The molecule has 1 aromatic rings. The summed E-state index contributed by atoms with van der Waals surface area (Å²) in [5.41, 5.74) is -0.650. The molecule has 2 N–H and O–H groups in total. The molecule has 2 nitrogen and oxygen atoms in total. The number of halogens is 3. The van der Waals surface area contributed by atoms with Crippen LogP contribution in [0.3, 0.4) is 0 Å². The zero-order valence-corrected chi connectivity index (χ0v) is 22.2. The fourth-order valence-corrected chi connectivity index (χ4v) is 1.28. The van der Waals surface area contributed by atoms with Gasteiger partial charge in [0.25, 0.3) is 0 Å². The van der Waals surface area contributed by atoms with Gasteiger partial charge in [-0.25, -0.2) is 18.2 Å². The maximum absolute atomic E-state index is 11.6. The van der Waals surface area contributed by atoms with E-state index >= 15 is 0 Å². The molecule has 0 amide bonds. The van der Waals surface area contributed by atoms with Gasteiger partial charge in [-0.1, -0.05) is 13.2 Å². The smallest absolute Gasteiger partial charge is 0.171 e. The number of benzene rings is 1. The number of allylic oxidation sites excluding steroid dienone is 10. The van der Waals surface area contributed by atoms with E-state index in [9.17, 15) is 13.2 Å². The van der Waals surface area contributed by atoms with Gasteiger partial charge in [0.15, 0.2) is 0 Å². The van der Waals surface area contributed by atoms with Gasteiger partial charge >= 0.3 is 36.4 Å². The number of hydrogen-bond donors (Lipinski definition) is 2. The van der Waals surface area contributed by atoms with Crippen LogP contribution in [0, 0.1) is 25.6 Å². The Labute approximate surface area is 202 Å². The second-order valence-electron chi connectivity index (χ2n) is 5.25. The average Bonchev–Trinajstić information content (AvgIpc) is 3.41. The van der Waals surface area contributed by atoms with E-state index in [-0.39, 0.29) is 25.4 Å². The standard InChI is InChI=1S/C6H4F3.C6H5.C5H5.2C3H6O.CH3.H2Si.Zr/c7-6(8,9)5-3-1-2-4-5;1-2-4-6-5-3-1;1-2-4-5-3-1;2*1-3(2)4;;;/h1,3H,2H2;1-5H;1-3H,4H2;2*4H,1H2,2H3;1H3;1H2;/q3*-1;;;-1;;. The third-order valence-corrected chi connectivity index (χ3v) is 2.19. The van der Waals surface area contributed by atoms with Crippen molar-refractivity contribution in [3.63, 3.8) is 0 Å². The topological polar surface area (TPSA) is 40.5 Å². The molecule has 0 aliphatic heterocycles. The van der Waals surface area contributed by atoms with Crippen molar-refractivity contribution < 1.29 is 46.7 Å². The molecule has 1 aromatic carbocycles. The van der Waals surface area contributed by atoms with Gasteiger partial charge in [-0.05, 0) is 13.8 Å². The van der Waals surface area contributed by atoms with Crippen LogP contribution in [0.1, 0.15) is 26.7 Å². The predicted molar refractivity (Wildman–Crippen MR) is 123 cm³/mol. The summed E-state index contributed by atoms with van der Waals surface area (Å²) in [6.45, 7) is 11.2. The van der Waals surface area contributed by atoms with Gasteiger partial charge in [0.05, 0.1) is 11.5 Å². The van der Waals surface area contributed by atoms with Crippen LogP contribution in [-0.2, 0) is 23.3 Å². The number of hydrogen-bond acceptors (Lipinski definition) is 2. The van der Waals surface area contributed by atoms with E-state index in [0.29, 0.717) is 0 Å². The van der Waals surface area contributed by atoms with Crippen molar-refractivity contribution in [3.05, 3.63) is 117 Å². The molecule has 31 heavy (non-hydrogen) atoms. The fraction of sp³-hybridized carbons (Fsp3) is 0.208. The van der Waals surface area contributed by atoms with Crippen LogP contribution in [0.4, 0.5) is 13.2 Å². The average molecular weight is 528 g/mol. The maximum atomic E-state index is 11.6.